The molecule has 0 bridgehead atoms. The molecule has 0 spiro atoms. The van der Waals surface area contributed by atoms with Gasteiger partial charge < -0.3 is 0 Å². The van der Waals surface area contributed by atoms with E-state index >= 15 is 0 Å². The number of rotatable bonds is 4. The fourth-order valence-corrected chi connectivity index (χ4v) is 2.93. The highest BCUT2D eigenvalue weighted by molar-refractivity contribution is 5.35. The van der Waals surface area contributed by atoms with E-state index in [1.807, 2.05) is 0 Å². The zero-order valence-corrected chi connectivity index (χ0v) is 12.7. The lowest BCUT2D eigenvalue weighted by molar-refractivity contribution is -0.196. The second-order valence-corrected chi connectivity index (χ2v) is 5.74. The molecule has 1 fully saturated rings. The third-order valence-corrected chi connectivity index (χ3v) is 4.14. The molecular weight excluding hydrogens is 258 g/mol. The van der Waals surface area contributed by atoms with Gasteiger partial charge in [-0.3, -0.25) is 4.84 Å². The van der Waals surface area contributed by atoms with Crippen LogP contribution in [-0.4, -0.2) is 18.2 Å². The Labute approximate surface area is 127 Å². The van der Waals surface area contributed by atoms with Crippen LogP contribution < -0.4 is 0 Å². The maximum absolute atomic E-state index is 6.38. The first-order valence-corrected chi connectivity index (χ1v) is 7.87. The van der Waals surface area contributed by atoms with Gasteiger partial charge in [-0.05, 0) is 36.5 Å². The molecule has 1 saturated heterocycles. The van der Waals surface area contributed by atoms with E-state index in [0.29, 0.717) is 0 Å². The summed E-state index contributed by atoms with van der Waals surface area (Å²) in [6.07, 6.45) is 3.77. The molecule has 0 saturated carbocycles. The zero-order valence-electron chi connectivity index (χ0n) is 12.7. The third-order valence-electron chi connectivity index (χ3n) is 4.14. The van der Waals surface area contributed by atoms with Crippen LogP contribution in [0, 0.1) is 6.92 Å². The van der Waals surface area contributed by atoms with Crippen molar-refractivity contribution in [2.75, 3.05) is 13.1 Å². The lowest BCUT2D eigenvalue weighted by Crippen LogP contribution is -2.32. The number of benzene rings is 2. The second-order valence-electron chi connectivity index (χ2n) is 5.74. The number of nitrogens with zero attached hydrogens (tertiary/aromatic N) is 1. The van der Waals surface area contributed by atoms with E-state index in [2.05, 4.69) is 66.6 Å². The van der Waals surface area contributed by atoms with Crippen LogP contribution in [0.3, 0.4) is 0 Å². The molecule has 0 aromatic heterocycles. The minimum absolute atomic E-state index is 0.00880. The van der Waals surface area contributed by atoms with Crippen LogP contribution in [0.1, 0.15) is 42.1 Å². The molecule has 1 aliphatic heterocycles. The van der Waals surface area contributed by atoms with Gasteiger partial charge in [0.25, 0.3) is 0 Å². The maximum Gasteiger partial charge on any atom is 0.130 e. The number of aryl methyl sites for hydroxylation is 1. The van der Waals surface area contributed by atoms with Crippen molar-refractivity contribution in [1.29, 1.82) is 0 Å². The van der Waals surface area contributed by atoms with Crippen molar-refractivity contribution in [3.8, 4) is 0 Å². The van der Waals surface area contributed by atoms with Gasteiger partial charge in [0.15, 0.2) is 0 Å². The van der Waals surface area contributed by atoms with Crippen molar-refractivity contribution in [3.63, 3.8) is 0 Å². The second kappa shape index (κ2) is 6.88. The van der Waals surface area contributed by atoms with E-state index in [-0.39, 0.29) is 6.10 Å². The summed E-state index contributed by atoms with van der Waals surface area (Å²) >= 11 is 0. The Morgan fingerprint density at radius 1 is 0.857 bits per heavy atom. The summed E-state index contributed by atoms with van der Waals surface area (Å²) in [4.78, 5) is 6.38. The molecule has 2 aromatic carbocycles. The van der Waals surface area contributed by atoms with Gasteiger partial charge in [0.05, 0.1) is 0 Å². The summed E-state index contributed by atoms with van der Waals surface area (Å²) < 4.78 is 0. The molecule has 21 heavy (non-hydrogen) atoms. The van der Waals surface area contributed by atoms with Crippen LogP contribution in [0.4, 0.5) is 0 Å². The van der Waals surface area contributed by atoms with Gasteiger partial charge in [0.2, 0.25) is 0 Å². The first kappa shape index (κ1) is 14.3. The minimum atomic E-state index is -0.00880. The van der Waals surface area contributed by atoms with E-state index in [0.717, 1.165) is 13.1 Å². The fourth-order valence-electron chi connectivity index (χ4n) is 2.93. The van der Waals surface area contributed by atoms with Crippen LogP contribution in [-0.2, 0) is 4.84 Å². The third kappa shape index (κ3) is 3.52. The van der Waals surface area contributed by atoms with Gasteiger partial charge >= 0.3 is 0 Å². The van der Waals surface area contributed by atoms with E-state index in [4.69, 9.17) is 4.84 Å². The summed E-state index contributed by atoms with van der Waals surface area (Å²) in [6, 6.07) is 19.0. The molecular formula is C19H23NO. The predicted octanol–water partition coefficient (Wildman–Crippen LogP) is 4.50. The standard InChI is InChI=1S/C19H23NO/c1-16-10-6-7-13-18(16)19(17-11-4-2-5-12-17)21-20-14-8-3-9-15-20/h2,4-7,10-13,19H,3,8-9,14-15H2,1H3/t19-/m0/s1. The highest BCUT2D eigenvalue weighted by Crippen LogP contribution is 2.30. The van der Waals surface area contributed by atoms with Crippen LogP contribution in [0.25, 0.3) is 0 Å². The number of hydrogen-bond donors (Lipinski definition) is 0. The summed E-state index contributed by atoms with van der Waals surface area (Å²) in [5, 5.41) is 2.15. The van der Waals surface area contributed by atoms with Gasteiger partial charge in [-0.25, -0.2) is 0 Å². The lowest BCUT2D eigenvalue weighted by atomic mass is 9.97. The fraction of sp³-hybridized carbons (Fsp3) is 0.368. The van der Waals surface area contributed by atoms with Gasteiger partial charge in [-0.15, -0.1) is 0 Å². The zero-order chi connectivity index (χ0) is 14.5. The Hall–Kier alpha value is -1.64. The largest absolute Gasteiger partial charge is 0.286 e. The van der Waals surface area contributed by atoms with E-state index in [1.54, 1.807) is 0 Å². The molecule has 0 unspecified atom stereocenters. The number of hydrogen-bond acceptors (Lipinski definition) is 2. The molecule has 2 aromatic rings. The molecule has 1 heterocycles. The Morgan fingerprint density at radius 2 is 1.52 bits per heavy atom. The molecule has 1 atom stereocenters. The van der Waals surface area contributed by atoms with Crippen LogP contribution >= 0.6 is 0 Å². The molecule has 2 nitrogen and oxygen atoms in total. The molecule has 110 valence electrons. The van der Waals surface area contributed by atoms with Gasteiger partial charge in [-0.1, -0.05) is 61.0 Å². The Balaban J connectivity index is 1.89. The highest BCUT2D eigenvalue weighted by atomic mass is 16.7. The van der Waals surface area contributed by atoms with Crippen molar-refractivity contribution < 1.29 is 4.84 Å². The molecule has 1 aliphatic rings. The van der Waals surface area contributed by atoms with Crippen molar-refractivity contribution in [3.05, 3.63) is 71.3 Å². The van der Waals surface area contributed by atoms with Gasteiger partial charge in [0, 0.05) is 13.1 Å². The molecule has 3 rings (SSSR count). The van der Waals surface area contributed by atoms with E-state index < -0.39 is 0 Å². The monoisotopic (exact) mass is 281 g/mol. The summed E-state index contributed by atoms with van der Waals surface area (Å²) in [5.41, 5.74) is 3.76. The van der Waals surface area contributed by atoms with Crippen molar-refractivity contribution in [2.24, 2.45) is 0 Å². The molecule has 0 aliphatic carbocycles. The maximum atomic E-state index is 6.38. The average Bonchev–Trinajstić information content (AvgIpc) is 2.55. The van der Waals surface area contributed by atoms with Gasteiger partial charge in [0.1, 0.15) is 6.10 Å². The van der Waals surface area contributed by atoms with Crippen molar-refractivity contribution in [2.45, 2.75) is 32.3 Å². The summed E-state index contributed by atoms with van der Waals surface area (Å²) in [6.45, 7) is 4.23. The Bertz CT molecular complexity index is 561. The topological polar surface area (TPSA) is 12.5 Å². The minimum Gasteiger partial charge on any atom is -0.286 e. The Kier molecular flexibility index (Phi) is 4.69. The quantitative estimate of drug-likeness (QED) is 0.818. The molecule has 2 heteroatoms. The van der Waals surface area contributed by atoms with Crippen LogP contribution in [0.5, 0.6) is 0 Å². The SMILES string of the molecule is Cc1ccccc1[C@@H](ON1CCCCC1)c1ccccc1. The molecule has 0 radical (unpaired) electrons. The first-order chi connectivity index (χ1) is 10.3. The predicted molar refractivity (Wildman–Crippen MR) is 86.0 cm³/mol. The number of hydroxylamine groups is 2. The molecule has 0 N–H and O–H groups in total. The average molecular weight is 281 g/mol. The first-order valence-electron chi connectivity index (χ1n) is 7.87. The van der Waals surface area contributed by atoms with Crippen molar-refractivity contribution >= 4 is 0 Å². The van der Waals surface area contributed by atoms with Crippen molar-refractivity contribution in [1.82, 2.24) is 5.06 Å². The van der Waals surface area contributed by atoms with Crippen LogP contribution in [0.15, 0.2) is 54.6 Å². The summed E-state index contributed by atoms with van der Waals surface area (Å²) in [5.74, 6) is 0. The van der Waals surface area contributed by atoms with Gasteiger partial charge in [-0.2, -0.15) is 5.06 Å². The summed E-state index contributed by atoms with van der Waals surface area (Å²) in [7, 11) is 0. The van der Waals surface area contributed by atoms with Crippen LogP contribution in [0.2, 0.25) is 0 Å². The highest BCUT2D eigenvalue weighted by Gasteiger charge is 2.21. The Morgan fingerprint density at radius 3 is 2.24 bits per heavy atom. The normalized spacial score (nSPS) is 17.6. The lowest BCUT2D eigenvalue weighted by Gasteiger charge is -2.31. The smallest absolute Gasteiger partial charge is 0.130 e. The van der Waals surface area contributed by atoms with E-state index in [1.165, 1.54) is 36.0 Å². The number of piperidine rings is 1. The van der Waals surface area contributed by atoms with E-state index in [9.17, 15) is 0 Å². The molecule has 0 amide bonds.